The second-order valence-electron chi connectivity index (χ2n) is 10.2. The lowest BCUT2D eigenvalue weighted by Gasteiger charge is -2.37. The van der Waals surface area contributed by atoms with Gasteiger partial charge in [0.2, 0.25) is 11.8 Å². The number of carbonyl (C=O) groups excluding carboxylic acids is 2. The fourth-order valence-electron chi connectivity index (χ4n) is 5.82. The summed E-state index contributed by atoms with van der Waals surface area (Å²) in [6.07, 6.45) is 6.16. The first-order valence-electron chi connectivity index (χ1n) is 12.5. The minimum atomic E-state index is -2.53. The third-order valence-corrected chi connectivity index (χ3v) is 7.76. The van der Waals surface area contributed by atoms with Gasteiger partial charge in [-0.15, -0.1) is 0 Å². The highest BCUT2D eigenvalue weighted by molar-refractivity contribution is 6.01. The maximum Gasteiger partial charge on any atom is 0.255 e. The van der Waals surface area contributed by atoms with Gasteiger partial charge in [0.1, 0.15) is 17.9 Å². The Kier molecular flexibility index (Phi) is 6.35. The van der Waals surface area contributed by atoms with Crippen molar-refractivity contribution in [1.29, 1.82) is 0 Å². The van der Waals surface area contributed by atoms with E-state index >= 15 is 0 Å². The number of hydrogen-bond acceptors (Lipinski definition) is 4. The molecule has 1 saturated heterocycles. The van der Waals surface area contributed by atoms with Crippen LogP contribution in [0.25, 0.3) is 0 Å². The quantitative estimate of drug-likeness (QED) is 0.669. The molecular weight excluding hydrogens is 440 g/mol. The highest BCUT2D eigenvalue weighted by atomic mass is 19.3. The molecule has 34 heavy (non-hydrogen) atoms. The molecule has 2 saturated carbocycles. The standard InChI is InChI=1S/C26H33F2N3O3/c1-16-6-9-22(24(32)29-16)31-15-17-14-19(7-8-20(17)25(31)33)34-23-5-3-2-4-21(23)30-18-10-12-26(27,28)13-11-18/h7-8,14,18,21-23,30H,1-6,9-13,15H2,(H,29,32). The summed E-state index contributed by atoms with van der Waals surface area (Å²) in [7, 11) is 0. The molecule has 0 bridgehead atoms. The average Bonchev–Trinajstić information content (AvgIpc) is 3.12. The summed E-state index contributed by atoms with van der Waals surface area (Å²) in [4.78, 5) is 27.0. The van der Waals surface area contributed by atoms with Gasteiger partial charge in [0, 0.05) is 42.7 Å². The largest absolute Gasteiger partial charge is 0.489 e. The molecule has 0 spiro atoms. The van der Waals surface area contributed by atoms with Gasteiger partial charge in [-0.2, -0.15) is 0 Å². The molecule has 5 rings (SSSR count). The van der Waals surface area contributed by atoms with Crippen LogP contribution in [0.1, 0.15) is 80.1 Å². The third-order valence-electron chi connectivity index (χ3n) is 7.76. The Morgan fingerprint density at radius 1 is 1.09 bits per heavy atom. The van der Waals surface area contributed by atoms with Crippen molar-refractivity contribution < 1.29 is 23.1 Å². The number of nitrogens with one attached hydrogen (secondary N) is 2. The van der Waals surface area contributed by atoms with Gasteiger partial charge in [0.05, 0.1) is 0 Å². The first-order valence-corrected chi connectivity index (χ1v) is 12.5. The van der Waals surface area contributed by atoms with E-state index in [-0.39, 0.29) is 42.8 Å². The fraction of sp³-hybridized carbons (Fsp3) is 0.615. The zero-order valence-corrected chi connectivity index (χ0v) is 19.5. The molecular formula is C26H33F2N3O3. The van der Waals surface area contributed by atoms with Crippen molar-refractivity contribution in [3.63, 3.8) is 0 Å². The minimum Gasteiger partial charge on any atom is -0.489 e. The average molecular weight is 474 g/mol. The Morgan fingerprint density at radius 2 is 1.85 bits per heavy atom. The number of benzene rings is 1. The van der Waals surface area contributed by atoms with Gasteiger partial charge in [-0.05, 0) is 68.7 Å². The Morgan fingerprint density at radius 3 is 2.62 bits per heavy atom. The number of nitrogens with zero attached hydrogens (tertiary/aromatic N) is 1. The smallest absolute Gasteiger partial charge is 0.255 e. The lowest BCUT2D eigenvalue weighted by molar-refractivity contribution is -0.126. The Bertz CT molecular complexity index is 972. The molecule has 3 fully saturated rings. The predicted molar refractivity (Wildman–Crippen MR) is 124 cm³/mol. The normalized spacial score (nSPS) is 29.6. The number of halogens is 2. The lowest BCUT2D eigenvalue weighted by Crippen LogP contribution is -2.50. The predicted octanol–water partition coefficient (Wildman–Crippen LogP) is 4.29. The number of amides is 2. The van der Waals surface area contributed by atoms with Crippen LogP contribution in [0.4, 0.5) is 8.78 Å². The van der Waals surface area contributed by atoms with Gasteiger partial charge in [0.25, 0.3) is 5.91 Å². The van der Waals surface area contributed by atoms with Crippen molar-refractivity contribution in [3.8, 4) is 5.75 Å². The van der Waals surface area contributed by atoms with Gasteiger partial charge in [0.15, 0.2) is 0 Å². The molecule has 3 unspecified atom stereocenters. The van der Waals surface area contributed by atoms with E-state index in [0.29, 0.717) is 49.2 Å². The molecule has 2 aliphatic carbocycles. The fourth-order valence-corrected chi connectivity index (χ4v) is 5.82. The topological polar surface area (TPSA) is 70.7 Å². The number of carbonyl (C=O) groups is 2. The van der Waals surface area contributed by atoms with Crippen LogP contribution in [0.3, 0.4) is 0 Å². The van der Waals surface area contributed by atoms with Gasteiger partial charge in [-0.3, -0.25) is 9.59 Å². The second kappa shape index (κ2) is 9.29. The number of hydrogen-bond donors (Lipinski definition) is 2. The van der Waals surface area contributed by atoms with Crippen molar-refractivity contribution in [2.24, 2.45) is 0 Å². The van der Waals surface area contributed by atoms with E-state index in [1.165, 1.54) is 0 Å². The summed E-state index contributed by atoms with van der Waals surface area (Å²) in [5, 5.41) is 6.37. The third kappa shape index (κ3) is 4.83. The van der Waals surface area contributed by atoms with E-state index in [1.807, 2.05) is 12.1 Å². The molecule has 2 N–H and O–H groups in total. The van der Waals surface area contributed by atoms with E-state index < -0.39 is 12.0 Å². The van der Waals surface area contributed by atoms with Gasteiger partial charge in [-0.1, -0.05) is 13.0 Å². The molecule has 4 aliphatic rings. The molecule has 0 aromatic heterocycles. The second-order valence-corrected chi connectivity index (χ2v) is 10.2. The monoisotopic (exact) mass is 473 g/mol. The van der Waals surface area contributed by atoms with Crippen LogP contribution in [0.15, 0.2) is 30.5 Å². The zero-order chi connectivity index (χ0) is 23.9. The van der Waals surface area contributed by atoms with E-state index in [0.717, 1.165) is 31.2 Å². The number of ether oxygens (including phenoxy) is 1. The van der Waals surface area contributed by atoms with Crippen LogP contribution in [-0.4, -0.2) is 46.9 Å². The molecule has 2 amide bonds. The van der Waals surface area contributed by atoms with Crippen LogP contribution in [0, 0.1) is 0 Å². The number of allylic oxidation sites excluding steroid dienone is 1. The molecule has 1 aromatic carbocycles. The van der Waals surface area contributed by atoms with Crippen molar-refractivity contribution in [2.45, 2.75) is 101 Å². The Hall–Kier alpha value is -2.48. The number of alkyl halides is 2. The maximum absolute atomic E-state index is 13.5. The first kappa shape index (κ1) is 23.3. The van der Waals surface area contributed by atoms with E-state index in [9.17, 15) is 18.4 Å². The number of piperidine rings is 1. The van der Waals surface area contributed by atoms with E-state index in [2.05, 4.69) is 17.2 Å². The summed E-state index contributed by atoms with van der Waals surface area (Å²) < 4.78 is 33.5. The summed E-state index contributed by atoms with van der Waals surface area (Å²) in [5.41, 5.74) is 2.18. The summed E-state index contributed by atoms with van der Waals surface area (Å²) in [6.45, 7) is 4.20. The summed E-state index contributed by atoms with van der Waals surface area (Å²) in [5.74, 6) is -2.11. The van der Waals surface area contributed by atoms with Gasteiger partial charge >= 0.3 is 0 Å². The molecule has 6 nitrogen and oxygen atoms in total. The van der Waals surface area contributed by atoms with Crippen LogP contribution in [-0.2, 0) is 11.3 Å². The maximum atomic E-state index is 13.5. The van der Waals surface area contributed by atoms with Crippen LogP contribution in [0.5, 0.6) is 5.75 Å². The number of fused-ring (bicyclic) bond motifs is 1. The first-order chi connectivity index (χ1) is 16.3. The Labute approximate surface area is 199 Å². The molecule has 8 heteroatoms. The SMILES string of the molecule is C=C1CCC(N2Cc3cc(OC4CCCCC4NC4CCC(F)(F)CC4)ccc3C2=O)C(=O)N1. The molecule has 2 aliphatic heterocycles. The van der Waals surface area contributed by atoms with Crippen molar-refractivity contribution >= 4 is 11.8 Å². The van der Waals surface area contributed by atoms with Crippen molar-refractivity contribution in [2.75, 3.05) is 0 Å². The van der Waals surface area contributed by atoms with Crippen LogP contribution >= 0.6 is 0 Å². The highest BCUT2D eigenvalue weighted by Gasteiger charge is 2.39. The van der Waals surface area contributed by atoms with Gasteiger partial charge in [-0.25, -0.2) is 8.78 Å². The van der Waals surface area contributed by atoms with Crippen LogP contribution < -0.4 is 15.4 Å². The van der Waals surface area contributed by atoms with E-state index in [4.69, 9.17) is 4.74 Å². The molecule has 0 radical (unpaired) electrons. The molecule has 1 aromatic rings. The van der Waals surface area contributed by atoms with Gasteiger partial charge < -0.3 is 20.3 Å². The minimum absolute atomic E-state index is 0.0300. The summed E-state index contributed by atoms with van der Waals surface area (Å²) in [6, 6.07) is 5.30. The van der Waals surface area contributed by atoms with Crippen molar-refractivity contribution in [3.05, 3.63) is 41.6 Å². The van der Waals surface area contributed by atoms with Crippen LogP contribution in [0.2, 0.25) is 0 Å². The van der Waals surface area contributed by atoms with E-state index in [1.54, 1.807) is 11.0 Å². The lowest BCUT2D eigenvalue weighted by atomic mass is 9.88. The molecule has 2 heterocycles. The molecule has 184 valence electrons. The summed E-state index contributed by atoms with van der Waals surface area (Å²) >= 11 is 0. The van der Waals surface area contributed by atoms with Crippen molar-refractivity contribution in [1.82, 2.24) is 15.5 Å². The highest BCUT2D eigenvalue weighted by Crippen LogP contribution is 2.35. The molecule has 3 atom stereocenters. The zero-order valence-electron chi connectivity index (χ0n) is 19.5. The number of rotatable bonds is 5. The Balaban J connectivity index is 1.24.